The van der Waals surface area contributed by atoms with Crippen molar-refractivity contribution in [1.29, 1.82) is 0 Å². The first-order valence-corrected chi connectivity index (χ1v) is 8.72. The number of thiophene rings is 1. The van der Waals surface area contributed by atoms with Gasteiger partial charge in [0.25, 0.3) is 0 Å². The highest BCUT2D eigenvalue weighted by Gasteiger charge is 2.33. The van der Waals surface area contributed by atoms with Crippen LogP contribution in [0.1, 0.15) is 29.5 Å². The average Bonchev–Trinajstić information content (AvgIpc) is 3.02. The quantitative estimate of drug-likeness (QED) is 0.918. The van der Waals surface area contributed by atoms with E-state index in [1.54, 1.807) is 17.5 Å². The Kier molecular flexibility index (Phi) is 3.72. The van der Waals surface area contributed by atoms with E-state index in [9.17, 15) is 4.79 Å². The number of amides is 1. The SMILES string of the molecule is O=C(NCc1cccs1)C1CN(CC2CC2)Cc2ccnn21. The number of hydrogen-bond donors (Lipinski definition) is 1. The van der Waals surface area contributed by atoms with Crippen molar-refractivity contribution in [1.82, 2.24) is 20.0 Å². The number of hydrogen-bond acceptors (Lipinski definition) is 4. The van der Waals surface area contributed by atoms with E-state index < -0.39 is 0 Å². The highest BCUT2D eigenvalue weighted by molar-refractivity contribution is 7.09. The number of nitrogens with zero attached hydrogens (tertiary/aromatic N) is 3. The number of rotatable bonds is 5. The van der Waals surface area contributed by atoms with Crippen LogP contribution >= 0.6 is 11.3 Å². The van der Waals surface area contributed by atoms with Gasteiger partial charge in [-0.3, -0.25) is 14.4 Å². The topological polar surface area (TPSA) is 50.2 Å². The Balaban J connectivity index is 1.45. The van der Waals surface area contributed by atoms with Gasteiger partial charge in [0.1, 0.15) is 6.04 Å². The second-order valence-electron chi connectivity index (χ2n) is 6.22. The third kappa shape index (κ3) is 2.94. The first-order valence-electron chi connectivity index (χ1n) is 7.84. The summed E-state index contributed by atoms with van der Waals surface area (Å²) in [6.07, 6.45) is 4.48. The molecule has 0 bridgehead atoms. The molecule has 2 aromatic rings. The minimum atomic E-state index is -0.211. The molecule has 1 atom stereocenters. The van der Waals surface area contributed by atoms with Crippen molar-refractivity contribution in [3.05, 3.63) is 40.3 Å². The molecule has 0 spiro atoms. The van der Waals surface area contributed by atoms with Crippen molar-refractivity contribution in [2.45, 2.75) is 32.0 Å². The number of nitrogens with one attached hydrogen (secondary N) is 1. The van der Waals surface area contributed by atoms with Gasteiger partial charge in [-0.2, -0.15) is 5.10 Å². The summed E-state index contributed by atoms with van der Waals surface area (Å²) in [7, 11) is 0. The smallest absolute Gasteiger partial charge is 0.246 e. The molecule has 0 saturated heterocycles. The maximum absolute atomic E-state index is 12.6. The lowest BCUT2D eigenvalue weighted by molar-refractivity contribution is -0.126. The van der Waals surface area contributed by atoms with Crippen LogP contribution in [0.2, 0.25) is 0 Å². The van der Waals surface area contributed by atoms with E-state index in [4.69, 9.17) is 0 Å². The molecule has 4 rings (SSSR count). The fourth-order valence-electron chi connectivity index (χ4n) is 3.07. The van der Waals surface area contributed by atoms with Gasteiger partial charge in [-0.05, 0) is 36.3 Å². The van der Waals surface area contributed by atoms with E-state index >= 15 is 0 Å². The van der Waals surface area contributed by atoms with Crippen LogP contribution in [0.3, 0.4) is 0 Å². The monoisotopic (exact) mass is 316 g/mol. The van der Waals surface area contributed by atoms with Crippen molar-refractivity contribution < 1.29 is 4.79 Å². The molecule has 1 aliphatic carbocycles. The fraction of sp³-hybridized carbons (Fsp3) is 0.500. The summed E-state index contributed by atoms with van der Waals surface area (Å²) in [5.41, 5.74) is 1.14. The average molecular weight is 316 g/mol. The Bertz CT molecular complexity index is 647. The maximum Gasteiger partial charge on any atom is 0.246 e. The lowest BCUT2D eigenvalue weighted by atomic mass is 10.1. The summed E-state index contributed by atoms with van der Waals surface area (Å²) in [6, 6.07) is 5.87. The van der Waals surface area contributed by atoms with Gasteiger partial charge in [0, 0.05) is 30.7 Å². The van der Waals surface area contributed by atoms with Crippen LogP contribution in [0, 0.1) is 5.92 Å². The summed E-state index contributed by atoms with van der Waals surface area (Å²) < 4.78 is 1.90. The predicted molar refractivity (Wildman–Crippen MR) is 85.4 cm³/mol. The molecule has 22 heavy (non-hydrogen) atoms. The third-order valence-electron chi connectivity index (χ3n) is 4.40. The van der Waals surface area contributed by atoms with Gasteiger partial charge in [0.2, 0.25) is 5.91 Å². The van der Waals surface area contributed by atoms with E-state index in [1.165, 1.54) is 17.7 Å². The second-order valence-corrected chi connectivity index (χ2v) is 7.25. The molecule has 1 saturated carbocycles. The van der Waals surface area contributed by atoms with Gasteiger partial charge in [-0.1, -0.05) is 6.07 Å². The third-order valence-corrected chi connectivity index (χ3v) is 5.27. The van der Waals surface area contributed by atoms with Gasteiger partial charge in [0.05, 0.1) is 12.2 Å². The highest BCUT2D eigenvalue weighted by atomic mass is 32.1. The van der Waals surface area contributed by atoms with Gasteiger partial charge in [0.15, 0.2) is 0 Å². The fourth-order valence-corrected chi connectivity index (χ4v) is 3.71. The number of aromatic nitrogens is 2. The van der Waals surface area contributed by atoms with Crippen molar-refractivity contribution in [2.75, 3.05) is 13.1 Å². The van der Waals surface area contributed by atoms with Gasteiger partial charge in [-0.25, -0.2) is 0 Å². The summed E-state index contributed by atoms with van der Waals surface area (Å²) in [4.78, 5) is 16.2. The minimum absolute atomic E-state index is 0.0684. The lowest BCUT2D eigenvalue weighted by Crippen LogP contribution is -2.45. The zero-order chi connectivity index (χ0) is 14.9. The normalized spacial score (nSPS) is 21.5. The van der Waals surface area contributed by atoms with Crippen molar-refractivity contribution in [3.63, 3.8) is 0 Å². The molecule has 1 amide bonds. The van der Waals surface area contributed by atoms with E-state index in [0.29, 0.717) is 6.54 Å². The zero-order valence-corrected chi connectivity index (χ0v) is 13.3. The summed E-state index contributed by atoms with van der Waals surface area (Å²) in [5, 5.41) is 9.46. The molecular weight excluding hydrogens is 296 g/mol. The molecule has 1 N–H and O–H groups in total. The Labute approximate surface area is 133 Å². The van der Waals surface area contributed by atoms with Crippen molar-refractivity contribution >= 4 is 17.2 Å². The maximum atomic E-state index is 12.6. The van der Waals surface area contributed by atoms with Crippen LogP contribution in [0.4, 0.5) is 0 Å². The van der Waals surface area contributed by atoms with Crippen molar-refractivity contribution in [2.24, 2.45) is 5.92 Å². The molecule has 0 aromatic carbocycles. The summed E-state index contributed by atoms with van der Waals surface area (Å²) in [5.74, 6) is 0.906. The predicted octanol–water partition coefficient (Wildman–Crippen LogP) is 2.03. The first kappa shape index (κ1) is 14.0. The lowest BCUT2D eigenvalue weighted by Gasteiger charge is -2.33. The Morgan fingerprint density at radius 2 is 2.32 bits per heavy atom. The Morgan fingerprint density at radius 1 is 1.41 bits per heavy atom. The van der Waals surface area contributed by atoms with Crippen LogP contribution in [0.25, 0.3) is 0 Å². The van der Waals surface area contributed by atoms with Gasteiger partial charge >= 0.3 is 0 Å². The molecule has 0 radical (unpaired) electrons. The van der Waals surface area contributed by atoms with Crippen LogP contribution in [-0.2, 0) is 17.9 Å². The summed E-state index contributed by atoms with van der Waals surface area (Å²) >= 11 is 1.67. The molecular formula is C16H20N4OS. The van der Waals surface area contributed by atoms with E-state index in [2.05, 4.69) is 15.3 Å². The standard InChI is InChI=1S/C16H20N4OS/c21-16(17-8-14-2-1-7-22-14)15-11-19(9-12-3-4-12)10-13-5-6-18-20(13)15/h1-2,5-7,12,15H,3-4,8-11H2,(H,17,21). The van der Waals surface area contributed by atoms with Crippen molar-refractivity contribution in [3.8, 4) is 0 Å². The van der Waals surface area contributed by atoms with Crippen LogP contribution in [-0.4, -0.2) is 33.7 Å². The highest BCUT2D eigenvalue weighted by Crippen LogP contribution is 2.32. The van der Waals surface area contributed by atoms with E-state index in [0.717, 1.165) is 31.2 Å². The molecule has 2 aliphatic rings. The van der Waals surface area contributed by atoms with E-state index in [1.807, 2.05) is 28.3 Å². The molecule has 1 fully saturated rings. The minimum Gasteiger partial charge on any atom is -0.349 e. The largest absolute Gasteiger partial charge is 0.349 e. The Hall–Kier alpha value is -1.66. The van der Waals surface area contributed by atoms with Gasteiger partial charge < -0.3 is 5.32 Å². The first-order chi connectivity index (χ1) is 10.8. The van der Waals surface area contributed by atoms with Crippen LogP contribution in [0.15, 0.2) is 29.8 Å². The molecule has 3 heterocycles. The number of carbonyl (C=O) groups excluding carboxylic acids is 1. The van der Waals surface area contributed by atoms with Gasteiger partial charge in [-0.15, -0.1) is 11.3 Å². The van der Waals surface area contributed by atoms with Crippen LogP contribution in [0.5, 0.6) is 0 Å². The number of carbonyl (C=O) groups is 1. The Morgan fingerprint density at radius 3 is 3.09 bits per heavy atom. The van der Waals surface area contributed by atoms with E-state index in [-0.39, 0.29) is 11.9 Å². The second kappa shape index (κ2) is 5.85. The molecule has 5 nitrogen and oxygen atoms in total. The molecule has 116 valence electrons. The molecule has 1 unspecified atom stereocenters. The molecule has 1 aliphatic heterocycles. The number of fused-ring (bicyclic) bond motifs is 1. The molecule has 2 aromatic heterocycles. The van der Waals surface area contributed by atoms with Crippen LogP contribution < -0.4 is 5.32 Å². The summed E-state index contributed by atoms with van der Waals surface area (Å²) in [6.45, 7) is 3.39. The molecule has 6 heteroatoms. The zero-order valence-electron chi connectivity index (χ0n) is 12.4.